The lowest BCUT2D eigenvalue weighted by molar-refractivity contribution is -0.120. The number of guanidine groups is 1. The molecule has 0 bridgehead atoms. The van der Waals surface area contributed by atoms with E-state index in [0.717, 1.165) is 39.3 Å². The molecular weight excluding hydrogens is 294 g/mol. The van der Waals surface area contributed by atoms with Crippen molar-refractivity contribution >= 4 is 11.9 Å². The van der Waals surface area contributed by atoms with E-state index >= 15 is 0 Å². The number of carbonyl (C=O) groups excluding carboxylic acids is 1. The Morgan fingerprint density at radius 3 is 2.48 bits per heavy atom. The van der Waals surface area contributed by atoms with E-state index in [-0.39, 0.29) is 12.5 Å². The molecule has 1 fully saturated rings. The number of morpholine rings is 1. The molecule has 7 heteroatoms. The zero-order valence-corrected chi connectivity index (χ0v) is 15.0. The summed E-state index contributed by atoms with van der Waals surface area (Å²) >= 11 is 0. The molecule has 0 aliphatic carbocycles. The van der Waals surface area contributed by atoms with Gasteiger partial charge in [-0.15, -0.1) is 0 Å². The first-order valence-corrected chi connectivity index (χ1v) is 8.61. The number of nitrogens with one attached hydrogen (secondary N) is 3. The molecule has 0 aromatic rings. The Labute approximate surface area is 140 Å². The highest BCUT2D eigenvalue weighted by Crippen LogP contribution is 2.12. The summed E-state index contributed by atoms with van der Waals surface area (Å²) < 4.78 is 5.43. The monoisotopic (exact) mass is 327 g/mol. The van der Waals surface area contributed by atoms with Crippen LogP contribution in [0, 0.1) is 5.92 Å². The highest BCUT2D eigenvalue weighted by molar-refractivity contribution is 5.86. The van der Waals surface area contributed by atoms with E-state index in [1.54, 1.807) is 7.05 Å². The van der Waals surface area contributed by atoms with Gasteiger partial charge in [0.25, 0.3) is 0 Å². The molecule has 1 saturated heterocycles. The largest absolute Gasteiger partial charge is 0.379 e. The zero-order valence-electron chi connectivity index (χ0n) is 15.0. The van der Waals surface area contributed by atoms with E-state index in [1.165, 1.54) is 0 Å². The number of hydrogen-bond donors (Lipinski definition) is 3. The Hall–Kier alpha value is -1.34. The molecule has 1 rings (SSSR count). The van der Waals surface area contributed by atoms with Crippen molar-refractivity contribution in [2.45, 2.75) is 33.2 Å². The van der Waals surface area contributed by atoms with Crippen molar-refractivity contribution in [3.8, 4) is 0 Å². The number of carbonyl (C=O) groups is 1. The molecule has 3 N–H and O–H groups in total. The molecule has 1 aliphatic rings. The number of ether oxygens (including phenoxy) is 1. The maximum absolute atomic E-state index is 11.6. The van der Waals surface area contributed by atoms with Crippen molar-refractivity contribution in [2.24, 2.45) is 10.9 Å². The minimum atomic E-state index is -0.0108. The van der Waals surface area contributed by atoms with Gasteiger partial charge in [-0.25, -0.2) is 0 Å². The highest BCUT2D eigenvalue weighted by Gasteiger charge is 2.23. The van der Waals surface area contributed by atoms with Gasteiger partial charge in [0.15, 0.2) is 5.96 Å². The zero-order chi connectivity index (χ0) is 17.1. The molecule has 1 amide bonds. The van der Waals surface area contributed by atoms with Crippen molar-refractivity contribution in [3.63, 3.8) is 0 Å². The number of rotatable bonds is 8. The fourth-order valence-corrected chi connectivity index (χ4v) is 2.61. The Morgan fingerprint density at radius 2 is 1.91 bits per heavy atom. The van der Waals surface area contributed by atoms with Gasteiger partial charge < -0.3 is 20.7 Å². The lowest BCUT2D eigenvalue weighted by Gasteiger charge is -2.37. The maximum atomic E-state index is 11.6. The molecule has 0 aromatic heterocycles. The predicted molar refractivity (Wildman–Crippen MR) is 93.7 cm³/mol. The van der Waals surface area contributed by atoms with Crippen molar-refractivity contribution in [1.29, 1.82) is 0 Å². The summed E-state index contributed by atoms with van der Waals surface area (Å²) in [6, 6.07) is 0.423. The summed E-state index contributed by atoms with van der Waals surface area (Å²) in [5.74, 6) is 1.19. The summed E-state index contributed by atoms with van der Waals surface area (Å²) in [6.07, 6.45) is 0.939. The molecule has 1 atom stereocenters. The van der Waals surface area contributed by atoms with Crippen molar-refractivity contribution in [3.05, 3.63) is 0 Å². The summed E-state index contributed by atoms with van der Waals surface area (Å²) in [6.45, 7) is 11.8. The molecule has 23 heavy (non-hydrogen) atoms. The minimum absolute atomic E-state index is 0.0108. The van der Waals surface area contributed by atoms with E-state index in [1.807, 2.05) is 6.92 Å². The summed E-state index contributed by atoms with van der Waals surface area (Å²) in [5, 5.41) is 9.24. The first-order chi connectivity index (χ1) is 11.1. The number of nitrogens with zero attached hydrogens (tertiary/aromatic N) is 2. The fraction of sp³-hybridized carbons (Fsp3) is 0.875. The molecular formula is C16H33N5O2. The molecule has 134 valence electrons. The molecule has 0 aromatic carbocycles. The second kappa shape index (κ2) is 11.2. The van der Waals surface area contributed by atoms with E-state index in [9.17, 15) is 4.79 Å². The van der Waals surface area contributed by atoms with Crippen LogP contribution in [0.3, 0.4) is 0 Å². The second-order valence-corrected chi connectivity index (χ2v) is 6.12. The average molecular weight is 327 g/mol. The van der Waals surface area contributed by atoms with Crippen LogP contribution in [0.1, 0.15) is 27.2 Å². The smallest absolute Gasteiger partial charge is 0.239 e. The van der Waals surface area contributed by atoms with Crippen molar-refractivity contribution in [1.82, 2.24) is 20.9 Å². The van der Waals surface area contributed by atoms with Crippen LogP contribution < -0.4 is 16.0 Å². The summed E-state index contributed by atoms with van der Waals surface area (Å²) in [7, 11) is 1.72. The van der Waals surface area contributed by atoms with Crippen LogP contribution in [0.15, 0.2) is 4.99 Å². The Kier molecular flexibility index (Phi) is 9.63. The average Bonchev–Trinajstić information content (AvgIpc) is 2.56. The van der Waals surface area contributed by atoms with Crippen molar-refractivity contribution in [2.75, 3.05) is 53.0 Å². The van der Waals surface area contributed by atoms with Crippen molar-refractivity contribution < 1.29 is 9.53 Å². The highest BCUT2D eigenvalue weighted by atomic mass is 16.5. The van der Waals surface area contributed by atoms with Gasteiger partial charge in [-0.1, -0.05) is 20.8 Å². The topological polar surface area (TPSA) is 78.0 Å². The lowest BCUT2D eigenvalue weighted by Crippen LogP contribution is -2.53. The van der Waals surface area contributed by atoms with Crippen LogP contribution in [-0.2, 0) is 9.53 Å². The summed E-state index contributed by atoms with van der Waals surface area (Å²) in [5.41, 5.74) is 0. The van der Waals surface area contributed by atoms with E-state index < -0.39 is 0 Å². The number of aliphatic imine (C=N–C) groups is 1. The molecule has 0 spiro atoms. The van der Waals surface area contributed by atoms with Crippen LogP contribution in [0.4, 0.5) is 0 Å². The first-order valence-electron chi connectivity index (χ1n) is 8.61. The molecule has 0 saturated carbocycles. The van der Waals surface area contributed by atoms with Crippen LogP contribution in [0.25, 0.3) is 0 Å². The third kappa shape index (κ3) is 7.65. The standard InChI is InChI=1S/C16H33N5O2/c1-5-6-18-15(22)12-20-16(17-4)19-11-14(13(2)3)21-7-9-23-10-8-21/h13-14H,5-12H2,1-4H3,(H,18,22)(H2,17,19,20). The quantitative estimate of drug-likeness (QED) is 0.433. The van der Waals surface area contributed by atoms with Gasteiger partial charge in [-0.2, -0.15) is 0 Å². The third-order valence-electron chi connectivity index (χ3n) is 3.98. The van der Waals surface area contributed by atoms with Gasteiger partial charge in [0.1, 0.15) is 0 Å². The van der Waals surface area contributed by atoms with Crippen LogP contribution in [0.2, 0.25) is 0 Å². The Balaban J connectivity index is 2.39. The van der Waals surface area contributed by atoms with E-state index in [4.69, 9.17) is 4.74 Å². The third-order valence-corrected chi connectivity index (χ3v) is 3.98. The maximum Gasteiger partial charge on any atom is 0.239 e. The molecule has 7 nitrogen and oxygen atoms in total. The van der Waals surface area contributed by atoms with Gasteiger partial charge in [0.2, 0.25) is 5.91 Å². The number of hydrogen-bond acceptors (Lipinski definition) is 4. The molecule has 1 aliphatic heterocycles. The van der Waals surface area contributed by atoms with Gasteiger partial charge in [-0.3, -0.25) is 14.7 Å². The normalized spacial score (nSPS) is 17.9. The van der Waals surface area contributed by atoms with Crippen LogP contribution in [-0.4, -0.2) is 75.8 Å². The summed E-state index contributed by atoms with van der Waals surface area (Å²) in [4.78, 5) is 18.3. The Morgan fingerprint density at radius 1 is 1.22 bits per heavy atom. The Bertz CT molecular complexity index is 367. The molecule has 1 unspecified atom stereocenters. The van der Waals surface area contributed by atoms with Crippen LogP contribution >= 0.6 is 0 Å². The molecule has 0 radical (unpaired) electrons. The SMILES string of the molecule is CCCNC(=O)CNC(=NC)NCC(C(C)C)N1CCOCC1. The fourth-order valence-electron chi connectivity index (χ4n) is 2.61. The second-order valence-electron chi connectivity index (χ2n) is 6.12. The predicted octanol–water partition coefficient (Wildman–Crippen LogP) is 0.0344. The van der Waals surface area contributed by atoms with Crippen LogP contribution in [0.5, 0.6) is 0 Å². The number of amides is 1. The lowest BCUT2D eigenvalue weighted by atomic mass is 10.0. The minimum Gasteiger partial charge on any atom is -0.379 e. The van der Waals surface area contributed by atoms with Gasteiger partial charge >= 0.3 is 0 Å². The first kappa shape index (κ1) is 19.7. The van der Waals surface area contributed by atoms with Gasteiger partial charge in [-0.05, 0) is 12.3 Å². The molecule has 1 heterocycles. The van der Waals surface area contributed by atoms with E-state index in [2.05, 4.69) is 39.7 Å². The van der Waals surface area contributed by atoms with Gasteiger partial charge in [0.05, 0.1) is 19.8 Å². The van der Waals surface area contributed by atoms with E-state index in [0.29, 0.717) is 24.5 Å². The van der Waals surface area contributed by atoms with Gasteiger partial charge in [0, 0.05) is 39.3 Å².